The lowest BCUT2D eigenvalue weighted by atomic mass is 10.1. The fraction of sp³-hybridized carbons (Fsp3) is 0.235. The van der Waals surface area contributed by atoms with Crippen molar-refractivity contribution in [2.75, 3.05) is 25.5 Å². The Morgan fingerprint density at radius 1 is 1.33 bits per heavy atom. The van der Waals surface area contributed by atoms with Gasteiger partial charge in [-0.05, 0) is 19.1 Å². The fourth-order valence-electron chi connectivity index (χ4n) is 2.38. The predicted octanol–water partition coefficient (Wildman–Crippen LogP) is 1.86. The molecule has 1 aliphatic rings. The molecule has 0 fully saturated rings. The van der Waals surface area contributed by atoms with Crippen LogP contribution in [0.4, 0.5) is 5.82 Å². The minimum Gasteiger partial charge on any atom is -0.488 e. The zero-order chi connectivity index (χ0) is 17.1. The molecule has 0 spiro atoms. The second-order valence-electron chi connectivity index (χ2n) is 5.53. The highest BCUT2D eigenvalue weighted by Crippen LogP contribution is 2.26. The van der Waals surface area contributed by atoms with Crippen LogP contribution in [0.5, 0.6) is 5.75 Å². The topological polar surface area (TPSA) is 84.7 Å². The van der Waals surface area contributed by atoms with Crippen LogP contribution in [0.2, 0.25) is 0 Å². The summed E-state index contributed by atoms with van der Waals surface area (Å²) in [7, 11) is 1.57. The van der Waals surface area contributed by atoms with Gasteiger partial charge in [0.25, 0.3) is 5.91 Å². The molecular formula is C17H17N3O4. The maximum Gasteiger partial charge on any atom is 0.253 e. The van der Waals surface area contributed by atoms with Crippen molar-refractivity contribution in [2.24, 2.45) is 0 Å². The third-order valence-electron chi connectivity index (χ3n) is 3.53. The second kappa shape index (κ2) is 6.57. The van der Waals surface area contributed by atoms with E-state index in [2.05, 4.69) is 10.5 Å². The number of nitrogens with one attached hydrogen (secondary N) is 1. The number of anilines is 1. The van der Waals surface area contributed by atoms with E-state index in [1.165, 1.54) is 4.90 Å². The Morgan fingerprint density at radius 3 is 2.88 bits per heavy atom. The Balaban J connectivity index is 1.63. The number of carbonyl (C=O) groups excluding carboxylic acids is 2. The first-order chi connectivity index (χ1) is 11.5. The van der Waals surface area contributed by atoms with E-state index in [0.717, 1.165) is 11.3 Å². The lowest BCUT2D eigenvalue weighted by Gasteiger charge is -2.22. The molecule has 0 atom stereocenters. The summed E-state index contributed by atoms with van der Waals surface area (Å²) in [6.07, 6.45) is 1.79. The highest BCUT2D eigenvalue weighted by atomic mass is 16.5. The molecule has 0 saturated carbocycles. The molecule has 1 N–H and O–H groups in total. The minimum absolute atomic E-state index is 0.0935. The summed E-state index contributed by atoms with van der Waals surface area (Å²) >= 11 is 0. The van der Waals surface area contributed by atoms with Crippen molar-refractivity contribution in [2.45, 2.75) is 6.92 Å². The zero-order valence-electron chi connectivity index (χ0n) is 13.4. The minimum atomic E-state index is -0.350. The first-order valence-electron chi connectivity index (χ1n) is 7.44. The van der Waals surface area contributed by atoms with Crippen LogP contribution in [-0.4, -0.2) is 42.1 Å². The van der Waals surface area contributed by atoms with Gasteiger partial charge in [-0.1, -0.05) is 23.4 Å². The Bertz CT molecular complexity index is 810. The summed E-state index contributed by atoms with van der Waals surface area (Å²) in [6, 6.07) is 9.09. The monoisotopic (exact) mass is 327 g/mol. The van der Waals surface area contributed by atoms with Crippen LogP contribution in [0.3, 0.4) is 0 Å². The van der Waals surface area contributed by atoms with Crippen LogP contribution >= 0.6 is 0 Å². The summed E-state index contributed by atoms with van der Waals surface area (Å²) < 4.78 is 10.4. The molecule has 0 bridgehead atoms. The van der Waals surface area contributed by atoms with Crippen LogP contribution in [0, 0.1) is 6.92 Å². The number of benzene rings is 1. The van der Waals surface area contributed by atoms with Gasteiger partial charge in [-0.15, -0.1) is 0 Å². The quantitative estimate of drug-likeness (QED) is 0.926. The third kappa shape index (κ3) is 3.45. The summed E-state index contributed by atoms with van der Waals surface area (Å²) in [5.41, 5.74) is 1.35. The summed E-state index contributed by atoms with van der Waals surface area (Å²) in [6.45, 7) is 1.82. The van der Waals surface area contributed by atoms with E-state index < -0.39 is 0 Å². The largest absolute Gasteiger partial charge is 0.488 e. The first-order valence-corrected chi connectivity index (χ1v) is 7.44. The van der Waals surface area contributed by atoms with E-state index in [1.54, 1.807) is 26.1 Å². The number of hydrogen-bond acceptors (Lipinski definition) is 5. The number of amides is 2. The fourth-order valence-corrected chi connectivity index (χ4v) is 2.38. The van der Waals surface area contributed by atoms with Crippen LogP contribution in [-0.2, 0) is 9.59 Å². The number of aryl methyl sites for hydroxylation is 1. The zero-order valence-corrected chi connectivity index (χ0v) is 13.4. The van der Waals surface area contributed by atoms with Gasteiger partial charge in [-0.3, -0.25) is 9.59 Å². The van der Waals surface area contributed by atoms with Crippen molar-refractivity contribution in [1.82, 2.24) is 10.1 Å². The van der Waals surface area contributed by atoms with Crippen LogP contribution < -0.4 is 10.1 Å². The van der Waals surface area contributed by atoms with Crippen molar-refractivity contribution >= 4 is 23.7 Å². The van der Waals surface area contributed by atoms with Gasteiger partial charge in [0.05, 0.1) is 12.1 Å². The molecule has 3 rings (SSSR count). The van der Waals surface area contributed by atoms with Gasteiger partial charge in [0, 0.05) is 18.7 Å². The summed E-state index contributed by atoms with van der Waals surface area (Å²) in [5, 5.41) is 6.26. The van der Waals surface area contributed by atoms with Gasteiger partial charge in [-0.2, -0.15) is 0 Å². The number of likely N-dealkylation sites (N-methyl/N-ethyl adjacent to an activating group) is 1. The molecule has 7 heteroatoms. The molecule has 24 heavy (non-hydrogen) atoms. The molecular weight excluding hydrogens is 310 g/mol. The molecule has 2 heterocycles. The number of aromatic nitrogens is 1. The van der Waals surface area contributed by atoms with Gasteiger partial charge in [0.15, 0.2) is 5.82 Å². The number of rotatable bonds is 4. The maximum absolute atomic E-state index is 12.5. The van der Waals surface area contributed by atoms with E-state index in [1.807, 2.05) is 24.3 Å². The Kier molecular flexibility index (Phi) is 4.33. The molecule has 0 unspecified atom stereocenters. The molecule has 2 aromatic rings. The number of carbonyl (C=O) groups is 2. The number of para-hydroxylation sites is 1. The maximum atomic E-state index is 12.5. The smallest absolute Gasteiger partial charge is 0.253 e. The molecule has 0 aliphatic carbocycles. The third-order valence-corrected chi connectivity index (χ3v) is 3.53. The van der Waals surface area contributed by atoms with Gasteiger partial charge in [0.2, 0.25) is 5.91 Å². The van der Waals surface area contributed by atoms with Gasteiger partial charge in [-0.25, -0.2) is 0 Å². The van der Waals surface area contributed by atoms with Crippen molar-refractivity contribution < 1.29 is 18.8 Å². The van der Waals surface area contributed by atoms with Crippen molar-refractivity contribution in [3.05, 3.63) is 47.2 Å². The van der Waals surface area contributed by atoms with Crippen LogP contribution in [0.15, 0.2) is 40.4 Å². The SMILES string of the molecule is Cc1cc(NC(=O)CN(C)C(=O)C2=Cc3ccccc3OC2)no1. The molecule has 0 saturated heterocycles. The second-order valence-corrected chi connectivity index (χ2v) is 5.53. The van der Waals surface area contributed by atoms with E-state index in [4.69, 9.17) is 9.26 Å². The molecule has 0 radical (unpaired) electrons. The molecule has 7 nitrogen and oxygen atoms in total. The predicted molar refractivity (Wildman–Crippen MR) is 87.4 cm³/mol. The first kappa shape index (κ1) is 15.8. The standard InChI is InChI=1S/C17H17N3O4/c1-11-7-15(19-24-11)18-16(21)9-20(2)17(22)13-8-12-5-3-4-6-14(12)23-10-13/h3-8H,9-10H2,1-2H3,(H,18,19,21). The lowest BCUT2D eigenvalue weighted by molar-refractivity contribution is -0.130. The van der Waals surface area contributed by atoms with Crippen LogP contribution in [0.25, 0.3) is 6.08 Å². The Labute approximate surface area is 138 Å². The van der Waals surface area contributed by atoms with Gasteiger partial charge in [0.1, 0.15) is 18.1 Å². The van der Waals surface area contributed by atoms with E-state index in [9.17, 15) is 9.59 Å². The molecule has 1 aromatic carbocycles. The lowest BCUT2D eigenvalue weighted by Crippen LogP contribution is -2.37. The highest BCUT2D eigenvalue weighted by molar-refractivity contribution is 6.01. The van der Waals surface area contributed by atoms with Gasteiger partial charge >= 0.3 is 0 Å². The molecule has 1 aliphatic heterocycles. The Hall–Kier alpha value is -3.09. The molecule has 1 aromatic heterocycles. The van der Waals surface area contributed by atoms with E-state index in [0.29, 0.717) is 17.2 Å². The van der Waals surface area contributed by atoms with Crippen LogP contribution in [0.1, 0.15) is 11.3 Å². The van der Waals surface area contributed by atoms with Crippen molar-refractivity contribution in [1.29, 1.82) is 0 Å². The normalized spacial score (nSPS) is 12.7. The number of ether oxygens (including phenoxy) is 1. The van der Waals surface area contributed by atoms with Gasteiger partial charge < -0.3 is 19.5 Å². The molecule has 124 valence electrons. The van der Waals surface area contributed by atoms with Crippen molar-refractivity contribution in [3.63, 3.8) is 0 Å². The van der Waals surface area contributed by atoms with E-state index >= 15 is 0 Å². The highest BCUT2D eigenvalue weighted by Gasteiger charge is 2.21. The Morgan fingerprint density at radius 2 is 2.12 bits per heavy atom. The summed E-state index contributed by atoms with van der Waals surface area (Å²) in [4.78, 5) is 25.8. The summed E-state index contributed by atoms with van der Waals surface area (Å²) in [5.74, 6) is 1.06. The average molecular weight is 327 g/mol. The average Bonchev–Trinajstić information content (AvgIpc) is 2.98. The van der Waals surface area contributed by atoms with E-state index in [-0.39, 0.29) is 25.0 Å². The number of nitrogens with zero attached hydrogens (tertiary/aromatic N) is 2. The molecule has 2 amide bonds. The number of fused-ring (bicyclic) bond motifs is 1. The van der Waals surface area contributed by atoms with Crippen molar-refractivity contribution in [3.8, 4) is 5.75 Å². The number of hydrogen-bond donors (Lipinski definition) is 1.